The van der Waals surface area contributed by atoms with Crippen molar-refractivity contribution in [3.05, 3.63) is 29.8 Å². The highest BCUT2D eigenvalue weighted by Crippen LogP contribution is 2.39. The molecule has 0 amide bonds. The van der Waals surface area contributed by atoms with Gasteiger partial charge in [-0.05, 0) is 24.1 Å². The van der Waals surface area contributed by atoms with Gasteiger partial charge in [-0.1, -0.05) is 12.1 Å². The fourth-order valence-corrected chi connectivity index (χ4v) is 1.62. The van der Waals surface area contributed by atoms with Gasteiger partial charge in [0, 0.05) is 31.7 Å². The van der Waals surface area contributed by atoms with E-state index in [1.807, 2.05) is 0 Å². The summed E-state index contributed by atoms with van der Waals surface area (Å²) in [5.41, 5.74) is 8.42. The van der Waals surface area contributed by atoms with Gasteiger partial charge in [0.1, 0.15) is 0 Å². The zero-order valence-electron chi connectivity index (χ0n) is 8.20. The third-order valence-electron chi connectivity index (χ3n) is 2.68. The van der Waals surface area contributed by atoms with Gasteiger partial charge in [0.2, 0.25) is 0 Å². The Morgan fingerprint density at radius 3 is 2.15 bits per heavy atom. The summed E-state index contributed by atoms with van der Waals surface area (Å²) in [6, 6.07) is 9.09. The maximum Gasteiger partial charge on any atom is 0.0361 e. The van der Waals surface area contributed by atoms with Crippen LogP contribution in [0.15, 0.2) is 24.3 Å². The molecule has 0 saturated heterocycles. The summed E-state index contributed by atoms with van der Waals surface area (Å²) in [4.78, 5) is 2.11. The van der Waals surface area contributed by atoms with Crippen molar-refractivity contribution < 1.29 is 0 Å². The maximum absolute atomic E-state index is 5.79. The van der Waals surface area contributed by atoms with Gasteiger partial charge in [-0.25, -0.2) is 0 Å². The van der Waals surface area contributed by atoms with Crippen LogP contribution in [0.1, 0.15) is 17.9 Å². The summed E-state index contributed by atoms with van der Waals surface area (Å²) in [6.07, 6.45) is 1.15. The highest BCUT2D eigenvalue weighted by molar-refractivity contribution is 5.47. The summed E-state index contributed by atoms with van der Waals surface area (Å²) in [5.74, 6) is 0.621. The number of nitrogens with zero attached hydrogens (tertiary/aromatic N) is 1. The third-order valence-corrected chi connectivity index (χ3v) is 2.68. The fourth-order valence-electron chi connectivity index (χ4n) is 1.62. The minimum Gasteiger partial charge on any atom is -0.378 e. The molecule has 0 aliphatic heterocycles. The Balaban J connectivity index is 2.14. The van der Waals surface area contributed by atoms with E-state index in [4.69, 9.17) is 5.73 Å². The van der Waals surface area contributed by atoms with Crippen LogP contribution in [0.25, 0.3) is 0 Å². The maximum atomic E-state index is 5.79. The summed E-state index contributed by atoms with van der Waals surface area (Å²) < 4.78 is 0. The van der Waals surface area contributed by atoms with E-state index < -0.39 is 0 Å². The van der Waals surface area contributed by atoms with Crippen molar-refractivity contribution in [2.75, 3.05) is 19.0 Å². The van der Waals surface area contributed by atoms with Crippen LogP contribution in [0.5, 0.6) is 0 Å². The summed E-state index contributed by atoms with van der Waals surface area (Å²) >= 11 is 0. The number of anilines is 1. The number of nitrogens with two attached hydrogens (primary N) is 1. The van der Waals surface area contributed by atoms with E-state index in [9.17, 15) is 0 Å². The van der Waals surface area contributed by atoms with E-state index in [2.05, 4.69) is 43.3 Å². The molecule has 13 heavy (non-hydrogen) atoms. The highest BCUT2D eigenvalue weighted by Gasteiger charge is 2.34. The van der Waals surface area contributed by atoms with Crippen LogP contribution in [0.4, 0.5) is 5.69 Å². The van der Waals surface area contributed by atoms with Crippen molar-refractivity contribution in [3.63, 3.8) is 0 Å². The minimum atomic E-state index is 0.408. The quantitative estimate of drug-likeness (QED) is 0.741. The molecule has 1 saturated carbocycles. The molecule has 2 nitrogen and oxygen atoms in total. The highest BCUT2D eigenvalue weighted by atomic mass is 15.1. The average Bonchev–Trinajstić information content (AvgIpc) is 2.83. The van der Waals surface area contributed by atoms with Crippen molar-refractivity contribution in [1.29, 1.82) is 0 Å². The zero-order chi connectivity index (χ0) is 9.42. The molecule has 0 spiro atoms. The molecule has 1 aromatic carbocycles. The second kappa shape index (κ2) is 3.04. The molecule has 0 radical (unpaired) electrons. The van der Waals surface area contributed by atoms with E-state index in [1.54, 1.807) is 0 Å². The Labute approximate surface area is 79.4 Å². The van der Waals surface area contributed by atoms with Crippen LogP contribution >= 0.6 is 0 Å². The van der Waals surface area contributed by atoms with Gasteiger partial charge in [-0.3, -0.25) is 0 Å². The predicted molar refractivity (Wildman–Crippen MR) is 56.1 cm³/mol. The lowest BCUT2D eigenvalue weighted by molar-refractivity contribution is 0.989. The fraction of sp³-hybridized carbons (Fsp3) is 0.455. The molecular formula is C11H16N2. The molecule has 70 valence electrons. The molecule has 0 aromatic heterocycles. The van der Waals surface area contributed by atoms with Crippen LogP contribution in [-0.4, -0.2) is 20.1 Å². The largest absolute Gasteiger partial charge is 0.378 e. The van der Waals surface area contributed by atoms with Crippen molar-refractivity contribution in [1.82, 2.24) is 0 Å². The van der Waals surface area contributed by atoms with Crippen LogP contribution in [0.3, 0.4) is 0 Å². The Morgan fingerprint density at radius 1 is 1.23 bits per heavy atom. The molecule has 0 heterocycles. The molecule has 2 N–H and O–H groups in total. The third kappa shape index (κ3) is 1.68. The Hall–Kier alpha value is -1.02. The van der Waals surface area contributed by atoms with Gasteiger partial charge in [0.05, 0.1) is 0 Å². The van der Waals surface area contributed by atoms with Crippen molar-refractivity contribution >= 4 is 5.69 Å². The van der Waals surface area contributed by atoms with E-state index in [0.717, 1.165) is 6.42 Å². The molecule has 1 aromatic rings. The second-order valence-electron chi connectivity index (χ2n) is 3.99. The monoisotopic (exact) mass is 176 g/mol. The number of hydrogen-bond donors (Lipinski definition) is 1. The standard InChI is InChI=1S/C11H16N2/c1-13(2)9-5-3-8(4-6-9)10-7-11(10)12/h3-6,10-11H,7,12H2,1-2H3/t10-,11-/m1/s1. The lowest BCUT2D eigenvalue weighted by Gasteiger charge is -2.12. The summed E-state index contributed by atoms with van der Waals surface area (Å²) in [7, 11) is 4.11. The van der Waals surface area contributed by atoms with Gasteiger partial charge in [-0.15, -0.1) is 0 Å². The molecule has 1 fully saturated rings. The molecule has 2 atom stereocenters. The molecule has 2 rings (SSSR count). The first kappa shape index (κ1) is 8.57. The van der Waals surface area contributed by atoms with E-state index >= 15 is 0 Å². The SMILES string of the molecule is CN(C)c1ccc([C@H]2C[C@H]2N)cc1. The van der Waals surface area contributed by atoms with Crippen LogP contribution in [-0.2, 0) is 0 Å². The number of benzene rings is 1. The Morgan fingerprint density at radius 2 is 1.77 bits per heavy atom. The average molecular weight is 176 g/mol. The van der Waals surface area contributed by atoms with Crippen LogP contribution in [0, 0.1) is 0 Å². The normalized spacial score (nSPS) is 25.8. The first-order valence-electron chi connectivity index (χ1n) is 4.71. The molecule has 2 heteroatoms. The molecule has 0 bridgehead atoms. The van der Waals surface area contributed by atoms with E-state index in [-0.39, 0.29) is 0 Å². The summed E-state index contributed by atoms with van der Waals surface area (Å²) in [6.45, 7) is 0. The Kier molecular flexibility index (Phi) is 2.00. The smallest absolute Gasteiger partial charge is 0.0361 e. The van der Waals surface area contributed by atoms with Gasteiger partial charge in [0.25, 0.3) is 0 Å². The first-order valence-corrected chi connectivity index (χ1v) is 4.71. The lowest BCUT2D eigenvalue weighted by atomic mass is 10.1. The molecule has 1 aliphatic carbocycles. The van der Waals surface area contributed by atoms with Gasteiger partial charge < -0.3 is 10.6 Å². The molecule has 0 unspecified atom stereocenters. The predicted octanol–water partition coefficient (Wildman–Crippen LogP) is 1.57. The zero-order valence-corrected chi connectivity index (χ0v) is 8.20. The van der Waals surface area contributed by atoms with Crippen molar-refractivity contribution in [3.8, 4) is 0 Å². The van der Waals surface area contributed by atoms with Crippen molar-refractivity contribution in [2.24, 2.45) is 5.73 Å². The Bertz CT molecular complexity index is 289. The van der Waals surface area contributed by atoms with Crippen LogP contribution in [0.2, 0.25) is 0 Å². The minimum absolute atomic E-state index is 0.408. The van der Waals surface area contributed by atoms with Crippen molar-refractivity contribution in [2.45, 2.75) is 18.4 Å². The van der Waals surface area contributed by atoms with Gasteiger partial charge in [-0.2, -0.15) is 0 Å². The van der Waals surface area contributed by atoms with Gasteiger partial charge >= 0.3 is 0 Å². The number of rotatable bonds is 2. The molecule has 1 aliphatic rings. The summed E-state index contributed by atoms with van der Waals surface area (Å²) in [5, 5.41) is 0. The topological polar surface area (TPSA) is 29.3 Å². The van der Waals surface area contributed by atoms with Crippen LogP contribution < -0.4 is 10.6 Å². The second-order valence-corrected chi connectivity index (χ2v) is 3.99. The number of hydrogen-bond acceptors (Lipinski definition) is 2. The van der Waals surface area contributed by atoms with E-state index in [0.29, 0.717) is 12.0 Å². The van der Waals surface area contributed by atoms with Gasteiger partial charge in [0.15, 0.2) is 0 Å². The first-order chi connectivity index (χ1) is 6.18. The molecular weight excluding hydrogens is 160 g/mol. The van der Waals surface area contributed by atoms with E-state index in [1.165, 1.54) is 11.3 Å². The lowest BCUT2D eigenvalue weighted by Crippen LogP contribution is -2.08.